The zero-order chi connectivity index (χ0) is 13.4. The summed E-state index contributed by atoms with van der Waals surface area (Å²) in [7, 11) is 1.80. The van der Waals surface area contributed by atoms with Crippen molar-refractivity contribution in [3.8, 4) is 0 Å². The van der Waals surface area contributed by atoms with Crippen molar-refractivity contribution in [2.75, 3.05) is 33.4 Å². The van der Waals surface area contributed by atoms with Crippen LogP contribution in [0.4, 0.5) is 0 Å². The maximum absolute atomic E-state index is 5.26. The van der Waals surface area contributed by atoms with Crippen LogP contribution in [-0.2, 0) is 4.74 Å². The van der Waals surface area contributed by atoms with E-state index in [0.717, 1.165) is 37.7 Å². The van der Waals surface area contributed by atoms with Crippen molar-refractivity contribution in [2.45, 2.75) is 58.5 Å². The highest BCUT2D eigenvalue weighted by Gasteiger charge is 2.26. The first-order chi connectivity index (χ1) is 8.67. The number of nitrogens with one attached hydrogen (secondary N) is 1. The molecule has 3 heteroatoms. The van der Waals surface area contributed by atoms with E-state index in [1.54, 1.807) is 7.11 Å². The standard InChI is InChI=1S/C15H32N2O/c1-5-16-14-7-6-8-15(11-14)17(9-10-18-4)12-13(2)3/h13-16H,5-12H2,1-4H3. The van der Waals surface area contributed by atoms with Gasteiger partial charge in [0.05, 0.1) is 6.61 Å². The van der Waals surface area contributed by atoms with Crippen LogP contribution in [0.2, 0.25) is 0 Å². The normalized spacial score (nSPS) is 25.0. The molecule has 2 atom stereocenters. The first kappa shape index (κ1) is 15.9. The lowest BCUT2D eigenvalue weighted by atomic mass is 9.89. The molecule has 0 aliphatic heterocycles. The minimum absolute atomic E-state index is 0.728. The predicted octanol–water partition coefficient (Wildman–Crippen LogP) is 2.51. The van der Waals surface area contributed by atoms with Crippen LogP contribution in [0.25, 0.3) is 0 Å². The lowest BCUT2D eigenvalue weighted by Crippen LogP contribution is -2.46. The Morgan fingerprint density at radius 2 is 2.11 bits per heavy atom. The van der Waals surface area contributed by atoms with Crippen molar-refractivity contribution in [3.05, 3.63) is 0 Å². The highest BCUT2D eigenvalue weighted by molar-refractivity contribution is 4.84. The van der Waals surface area contributed by atoms with Gasteiger partial charge in [-0.05, 0) is 31.7 Å². The van der Waals surface area contributed by atoms with Crippen LogP contribution in [0.1, 0.15) is 46.5 Å². The van der Waals surface area contributed by atoms with Gasteiger partial charge < -0.3 is 10.1 Å². The largest absolute Gasteiger partial charge is 0.383 e. The average molecular weight is 256 g/mol. The second-order valence-corrected chi connectivity index (χ2v) is 5.96. The van der Waals surface area contributed by atoms with E-state index in [0.29, 0.717) is 0 Å². The molecule has 0 aromatic rings. The first-order valence-electron chi connectivity index (χ1n) is 7.63. The molecule has 0 amide bonds. The van der Waals surface area contributed by atoms with Gasteiger partial charge in [-0.15, -0.1) is 0 Å². The number of hydrogen-bond donors (Lipinski definition) is 1. The zero-order valence-corrected chi connectivity index (χ0v) is 12.7. The van der Waals surface area contributed by atoms with Crippen LogP contribution in [0.15, 0.2) is 0 Å². The lowest BCUT2D eigenvalue weighted by Gasteiger charge is -2.38. The zero-order valence-electron chi connectivity index (χ0n) is 12.7. The van der Waals surface area contributed by atoms with Gasteiger partial charge in [0, 0.05) is 32.3 Å². The van der Waals surface area contributed by atoms with Gasteiger partial charge in [0.2, 0.25) is 0 Å². The Balaban J connectivity index is 2.48. The van der Waals surface area contributed by atoms with E-state index in [1.165, 1.54) is 32.2 Å². The summed E-state index contributed by atoms with van der Waals surface area (Å²) in [5.41, 5.74) is 0. The third-order valence-electron chi connectivity index (χ3n) is 3.84. The van der Waals surface area contributed by atoms with Gasteiger partial charge in [-0.25, -0.2) is 0 Å². The summed E-state index contributed by atoms with van der Waals surface area (Å²) in [5.74, 6) is 0.737. The number of ether oxygens (including phenoxy) is 1. The quantitative estimate of drug-likeness (QED) is 0.722. The topological polar surface area (TPSA) is 24.5 Å². The van der Waals surface area contributed by atoms with E-state index in [9.17, 15) is 0 Å². The SMILES string of the molecule is CCNC1CCCC(N(CCOC)CC(C)C)C1. The van der Waals surface area contributed by atoms with E-state index in [4.69, 9.17) is 4.74 Å². The number of hydrogen-bond acceptors (Lipinski definition) is 3. The highest BCUT2D eigenvalue weighted by atomic mass is 16.5. The van der Waals surface area contributed by atoms with Gasteiger partial charge >= 0.3 is 0 Å². The van der Waals surface area contributed by atoms with Crippen LogP contribution in [-0.4, -0.2) is 50.3 Å². The minimum Gasteiger partial charge on any atom is -0.383 e. The molecular formula is C15H32N2O. The molecule has 108 valence electrons. The van der Waals surface area contributed by atoms with Crippen LogP contribution >= 0.6 is 0 Å². The molecule has 0 aromatic heterocycles. The second-order valence-electron chi connectivity index (χ2n) is 5.96. The first-order valence-corrected chi connectivity index (χ1v) is 7.63. The molecule has 1 rings (SSSR count). The Labute approximate surface area is 113 Å². The molecule has 0 aromatic carbocycles. The third kappa shape index (κ3) is 5.68. The molecule has 1 aliphatic carbocycles. The van der Waals surface area contributed by atoms with Crippen molar-refractivity contribution in [1.29, 1.82) is 0 Å². The van der Waals surface area contributed by atoms with Gasteiger partial charge in [0.25, 0.3) is 0 Å². The van der Waals surface area contributed by atoms with Crippen molar-refractivity contribution < 1.29 is 4.74 Å². The summed E-state index contributed by atoms with van der Waals surface area (Å²) in [6, 6.07) is 1.48. The van der Waals surface area contributed by atoms with Gasteiger partial charge in [-0.2, -0.15) is 0 Å². The molecule has 1 fully saturated rings. The van der Waals surface area contributed by atoms with E-state index in [1.807, 2.05) is 0 Å². The molecule has 3 nitrogen and oxygen atoms in total. The summed E-state index contributed by atoms with van der Waals surface area (Å²) < 4.78 is 5.26. The van der Waals surface area contributed by atoms with E-state index >= 15 is 0 Å². The van der Waals surface area contributed by atoms with Gasteiger partial charge in [0.15, 0.2) is 0 Å². The molecule has 0 bridgehead atoms. The number of nitrogens with zero attached hydrogens (tertiary/aromatic N) is 1. The van der Waals surface area contributed by atoms with E-state index in [-0.39, 0.29) is 0 Å². The maximum atomic E-state index is 5.26. The molecule has 18 heavy (non-hydrogen) atoms. The highest BCUT2D eigenvalue weighted by Crippen LogP contribution is 2.23. The molecule has 0 spiro atoms. The Bertz CT molecular complexity index is 207. The van der Waals surface area contributed by atoms with E-state index in [2.05, 4.69) is 31.0 Å². The fraction of sp³-hybridized carbons (Fsp3) is 1.00. The van der Waals surface area contributed by atoms with Gasteiger partial charge in [-0.3, -0.25) is 4.90 Å². The Kier molecular flexibility index (Phi) is 7.87. The summed E-state index contributed by atoms with van der Waals surface area (Å²) in [5, 5.41) is 3.62. The molecule has 0 saturated heterocycles. The van der Waals surface area contributed by atoms with Gasteiger partial charge in [0.1, 0.15) is 0 Å². The van der Waals surface area contributed by atoms with Crippen LogP contribution in [0.3, 0.4) is 0 Å². The fourth-order valence-corrected chi connectivity index (χ4v) is 3.07. The monoisotopic (exact) mass is 256 g/mol. The molecule has 1 aliphatic rings. The van der Waals surface area contributed by atoms with Crippen LogP contribution in [0.5, 0.6) is 0 Å². The average Bonchev–Trinajstić information content (AvgIpc) is 2.35. The van der Waals surface area contributed by atoms with Crippen molar-refractivity contribution in [3.63, 3.8) is 0 Å². The van der Waals surface area contributed by atoms with Gasteiger partial charge in [-0.1, -0.05) is 27.2 Å². The third-order valence-corrected chi connectivity index (χ3v) is 3.84. The smallest absolute Gasteiger partial charge is 0.0589 e. The summed E-state index contributed by atoms with van der Waals surface area (Å²) in [6.45, 7) is 11.1. The molecule has 2 unspecified atom stereocenters. The van der Waals surface area contributed by atoms with Crippen molar-refractivity contribution >= 4 is 0 Å². The Morgan fingerprint density at radius 3 is 2.72 bits per heavy atom. The number of rotatable bonds is 8. The minimum atomic E-state index is 0.728. The maximum Gasteiger partial charge on any atom is 0.0589 e. The molecule has 1 N–H and O–H groups in total. The summed E-state index contributed by atoms with van der Waals surface area (Å²) in [6.07, 6.45) is 5.39. The van der Waals surface area contributed by atoms with Crippen molar-refractivity contribution in [2.24, 2.45) is 5.92 Å². The Hall–Kier alpha value is -0.120. The summed E-state index contributed by atoms with van der Waals surface area (Å²) in [4.78, 5) is 2.65. The predicted molar refractivity (Wildman–Crippen MR) is 78.0 cm³/mol. The van der Waals surface area contributed by atoms with Crippen molar-refractivity contribution in [1.82, 2.24) is 10.2 Å². The lowest BCUT2D eigenvalue weighted by molar-refractivity contribution is 0.0853. The molecular weight excluding hydrogens is 224 g/mol. The fourth-order valence-electron chi connectivity index (χ4n) is 3.07. The summed E-state index contributed by atoms with van der Waals surface area (Å²) >= 11 is 0. The molecule has 0 heterocycles. The number of methoxy groups -OCH3 is 1. The molecule has 1 saturated carbocycles. The van der Waals surface area contributed by atoms with E-state index < -0.39 is 0 Å². The Morgan fingerprint density at radius 1 is 1.33 bits per heavy atom. The van der Waals surface area contributed by atoms with Crippen LogP contribution in [0, 0.1) is 5.92 Å². The second kappa shape index (κ2) is 8.89. The molecule has 0 radical (unpaired) electrons. The van der Waals surface area contributed by atoms with Crippen LogP contribution < -0.4 is 5.32 Å².